The van der Waals surface area contributed by atoms with Crippen LogP contribution in [-0.4, -0.2) is 32.0 Å². The van der Waals surface area contributed by atoms with E-state index in [4.69, 9.17) is 15.2 Å². The lowest BCUT2D eigenvalue weighted by Gasteiger charge is -2.12. The number of ether oxygens (including phenoxy) is 3. The molecule has 10 heteroatoms. The van der Waals surface area contributed by atoms with E-state index in [1.54, 1.807) is 24.3 Å². The lowest BCUT2D eigenvalue weighted by atomic mass is 10.2. The molecule has 144 valence electrons. The zero-order valence-electron chi connectivity index (χ0n) is 14.0. The minimum Gasteiger partial charge on any atom is -0.497 e. The number of nitrogens with two attached hydrogens (primary N) is 1. The maximum Gasteiger partial charge on any atom is 0.573 e. The molecule has 0 fully saturated rings. The molecule has 0 saturated carbocycles. The Morgan fingerprint density at radius 2 is 1.78 bits per heavy atom. The molecule has 27 heavy (non-hydrogen) atoms. The largest absolute Gasteiger partial charge is 0.573 e. The highest BCUT2D eigenvalue weighted by atomic mass is 19.4. The summed E-state index contributed by atoms with van der Waals surface area (Å²) in [6, 6.07) is 9.35. The quantitative estimate of drug-likeness (QED) is 0.587. The van der Waals surface area contributed by atoms with Crippen LogP contribution in [0.25, 0.3) is 0 Å². The average Bonchev–Trinajstić information content (AvgIpc) is 2.61. The summed E-state index contributed by atoms with van der Waals surface area (Å²) in [5, 5.41) is 2.50. The molecule has 2 aromatic rings. The molecule has 0 heterocycles. The summed E-state index contributed by atoms with van der Waals surface area (Å²) in [6.45, 7) is -0.592. The summed E-state index contributed by atoms with van der Waals surface area (Å²) in [7, 11) is 1.50. The molecule has 0 aliphatic rings. The minimum atomic E-state index is -4.91. The van der Waals surface area contributed by atoms with E-state index in [-0.39, 0.29) is 5.56 Å². The molecule has 0 spiro atoms. The number of esters is 1. The molecule has 1 amide bonds. The third-order valence-corrected chi connectivity index (χ3v) is 3.18. The molecule has 7 nitrogen and oxygen atoms in total. The number of amides is 1. The number of hydrogen-bond acceptors (Lipinski definition) is 6. The Morgan fingerprint density at radius 1 is 1.11 bits per heavy atom. The fourth-order valence-electron chi connectivity index (χ4n) is 1.98. The monoisotopic (exact) mass is 384 g/mol. The topological polar surface area (TPSA) is 99.9 Å². The summed E-state index contributed by atoms with van der Waals surface area (Å²) in [6.07, 6.45) is -4.91. The highest BCUT2D eigenvalue weighted by Gasteiger charge is 2.32. The Balaban J connectivity index is 1.90. The zero-order chi connectivity index (χ0) is 20.0. The van der Waals surface area contributed by atoms with E-state index < -0.39 is 36.3 Å². The minimum absolute atomic E-state index is 0.126. The zero-order valence-corrected chi connectivity index (χ0v) is 14.0. The first kappa shape index (κ1) is 19.9. The van der Waals surface area contributed by atoms with E-state index in [0.29, 0.717) is 11.4 Å². The van der Waals surface area contributed by atoms with Crippen LogP contribution in [0.5, 0.6) is 11.5 Å². The van der Waals surface area contributed by atoms with Gasteiger partial charge in [-0.25, -0.2) is 4.79 Å². The van der Waals surface area contributed by atoms with Gasteiger partial charge in [0.05, 0.1) is 18.4 Å². The molecule has 0 bridgehead atoms. The molecule has 3 N–H and O–H groups in total. The number of benzene rings is 2. The predicted octanol–water partition coefficient (Wildman–Crippen LogP) is 2.97. The number of methoxy groups -OCH3 is 1. The number of hydrogen-bond donors (Lipinski definition) is 2. The highest BCUT2D eigenvalue weighted by Crippen LogP contribution is 2.29. The van der Waals surface area contributed by atoms with Crippen molar-refractivity contribution >= 4 is 23.3 Å². The van der Waals surface area contributed by atoms with Crippen LogP contribution in [0.2, 0.25) is 0 Å². The third kappa shape index (κ3) is 6.10. The van der Waals surface area contributed by atoms with Gasteiger partial charge < -0.3 is 25.3 Å². The van der Waals surface area contributed by atoms with E-state index in [1.165, 1.54) is 7.11 Å². The van der Waals surface area contributed by atoms with Gasteiger partial charge in [-0.15, -0.1) is 13.2 Å². The number of rotatable bonds is 6. The van der Waals surface area contributed by atoms with Crippen LogP contribution in [0.4, 0.5) is 24.5 Å². The number of carbonyl (C=O) groups is 2. The van der Waals surface area contributed by atoms with Crippen LogP contribution < -0.4 is 20.5 Å². The average molecular weight is 384 g/mol. The van der Waals surface area contributed by atoms with Crippen LogP contribution in [0, 0.1) is 0 Å². The van der Waals surface area contributed by atoms with Gasteiger partial charge >= 0.3 is 12.3 Å². The molecule has 2 rings (SSSR count). The Labute approximate surface area is 151 Å². The van der Waals surface area contributed by atoms with Gasteiger partial charge in [-0.05, 0) is 42.5 Å². The summed E-state index contributed by atoms with van der Waals surface area (Å²) in [5.41, 5.74) is 5.37. The number of halogens is 3. The van der Waals surface area contributed by atoms with Crippen molar-refractivity contribution in [3.8, 4) is 11.5 Å². The van der Waals surface area contributed by atoms with Gasteiger partial charge in [-0.3, -0.25) is 4.79 Å². The van der Waals surface area contributed by atoms with Crippen molar-refractivity contribution in [1.29, 1.82) is 0 Å². The fraction of sp³-hybridized carbons (Fsp3) is 0.176. The second kappa shape index (κ2) is 8.30. The van der Waals surface area contributed by atoms with E-state index in [2.05, 4.69) is 10.1 Å². The molecule has 0 radical (unpaired) electrons. The Morgan fingerprint density at radius 3 is 2.33 bits per heavy atom. The molecular weight excluding hydrogens is 369 g/mol. The van der Waals surface area contributed by atoms with Crippen LogP contribution in [-0.2, 0) is 9.53 Å². The summed E-state index contributed by atoms with van der Waals surface area (Å²) < 4.78 is 50.1. The van der Waals surface area contributed by atoms with Crippen molar-refractivity contribution in [3.63, 3.8) is 0 Å². The normalized spacial score (nSPS) is 10.8. The van der Waals surface area contributed by atoms with Gasteiger partial charge in [-0.2, -0.15) is 0 Å². The number of alkyl halides is 3. The van der Waals surface area contributed by atoms with Crippen molar-refractivity contribution in [2.75, 3.05) is 24.8 Å². The van der Waals surface area contributed by atoms with Gasteiger partial charge in [-0.1, -0.05) is 0 Å². The fourth-order valence-corrected chi connectivity index (χ4v) is 1.98. The van der Waals surface area contributed by atoms with Gasteiger partial charge in [0.15, 0.2) is 12.4 Å². The van der Waals surface area contributed by atoms with E-state index in [1.807, 2.05) is 0 Å². The van der Waals surface area contributed by atoms with Crippen molar-refractivity contribution in [2.24, 2.45) is 0 Å². The predicted molar refractivity (Wildman–Crippen MR) is 89.4 cm³/mol. The van der Waals surface area contributed by atoms with E-state index in [9.17, 15) is 22.8 Å². The molecule has 2 aromatic carbocycles. The molecule has 0 saturated heterocycles. The summed E-state index contributed by atoms with van der Waals surface area (Å²) >= 11 is 0. The van der Waals surface area contributed by atoms with Crippen LogP contribution in [0.1, 0.15) is 10.4 Å². The Hall–Kier alpha value is -3.43. The second-order valence-corrected chi connectivity index (χ2v) is 5.15. The lowest BCUT2D eigenvalue weighted by molar-refractivity contribution is -0.274. The molecule has 0 aliphatic carbocycles. The SMILES string of the molecule is COc1ccc(NC(=O)COC(=O)c2ccc(OC(F)(F)F)c(N)c2)cc1. The molecule has 0 aliphatic heterocycles. The highest BCUT2D eigenvalue weighted by molar-refractivity contribution is 5.96. The molecule has 0 unspecified atom stereocenters. The van der Waals surface area contributed by atoms with Gasteiger partial charge in [0.2, 0.25) is 0 Å². The maximum atomic E-state index is 12.2. The third-order valence-electron chi connectivity index (χ3n) is 3.18. The van der Waals surface area contributed by atoms with Crippen molar-refractivity contribution < 1.29 is 37.0 Å². The van der Waals surface area contributed by atoms with Gasteiger partial charge in [0.1, 0.15) is 5.75 Å². The first-order valence-corrected chi connectivity index (χ1v) is 7.44. The Kier molecular flexibility index (Phi) is 6.11. The van der Waals surface area contributed by atoms with Crippen LogP contribution in [0.3, 0.4) is 0 Å². The van der Waals surface area contributed by atoms with E-state index in [0.717, 1.165) is 18.2 Å². The molecule has 0 atom stereocenters. The van der Waals surface area contributed by atoms with Crippen LogP contribution >= 0.6 is 0 Å². The van der Waals surface area contributed by atoms with Crippen molar-refractivity contribution in [1.82, 2.24) is 0 Å². The second-order valence-electron chi connectivity index (χ2n) is 5.15. The lowest BCUT2D eigenvalue weighted by Crippen LogP contribution is -2.21. The number of anilines is 2. The summed E-state index contributed by atoms with van der Waals surface area (Å²) in [5.74, 6) is -1.56. The number of nitrogen functional groups attached to an aromatic ring is 1. The summed E-state index contributed by atoms with van der Waals surface area (Å²) in [4.78, 5) is 23.7. The Bertz CT molecular complexity index is 822. The molecule has 0 aromatic heterocycles. The number of carbonyl (C=O) groups excluding carboxylic acids is 2. The van der Waals surface area contributed by atoms with Gasteiger partial charge in [0, 0.05) is 5.69 Å². The first-order valence-electron chi connectivity index (χ1n) is 7.44. The van der Waals surface area contributed by atoms with Crippen LogP contribution in [0.15, 0.2) is 42.5 Å². The van der Waals surface area contributed by atoms with Crippen molar-refractivity contribution in [3.05, 3.63) is 48.0 Å². The van der Waals surface area contributed by atoms with Crippen molar-refractivity contribution in [2.45, 2.75) is 6.36 Å². The molecular formula is C17H15F3N2O5. The first-order chi connectivity index (χ1) is 12.7. The van der Waals surface area contributed by atoms with Gasteiger partial charge in [0.25, 0.3) is 5.91 Å². The number of nitrogens with one attached hydrogen (secondary N) is 1. The smallest absolute Gasteiger partial charge is 0.497 e. The standard InChI is InChI=1S/C17H15F3N2O5/c1-25-12-5-3-11(4-6-12)22-15(23)9-26-16(24)10-2-7-14(13(21)8-10)27-17(18,19)20/h2-8H,9,21H2,1H3,(H,22,23). The maximum absolute atomic E-state index is 12.2. The van der Waals surface area contributed by atoms with E-state index >= 15 is 0 Å².